The van der Waals surface area contributed by atoms with Crippen LogP contribution in [0.25, 0.3) is 0 Å². The molecule has 1 fully saturated rings. The molecule has 1 aromatic carbocycles. The summed E-state index contributed by atoms with van der Waals surface area (Å²) in [4.78, 5) is 25.8. The van der Waals surface area contributed by atoms with Crippen LogP contribution in [0.4, 0.5) is 0 Å². The van der Waals surface area contributed by atoms with Gasteiger partial charge in [0, 0.05) is 19.6 Å². The number of primary amides is 1. The Hall–Kier alpha value is -1.59. The van der Waals surface area contributed by atoms with E-state index in [1.165, 1.54) is 11.1 Å². The quantitative estimate of drug-likeness (QED) is 0.847. The van der Waals surface area contributed by atoms with Crippen molar-refractivity contribution < 1.29 is 9.59 Å². The number of amides is 2. The van der Waals surface area contributed by atoms with Crippen molar-refractivity contribution >= 4 is 24.2 Å². The summed E-state index contributed by atoms with van der Waals surface area (Å²) >= 11 is 0. The van der Waals surface area contributed by atoms with E-state index in [2.05, 4.69) is 17.4 Å². The fourth-order valence-corrected chi connectivity index (χ4v) is 3.26. The zero-order valence-electron chi connectivity index (χ0n) is 12.5. The lowest BCUT2D eigenvalue weighted by Crippen LogP contribution is -2.53. The highest BCUT2D eigenvalue weighted by Gasteiger charge is 2.32. The molecule has 2 heterocycles. The number of carbonyl (C=O) groups is 2. The van der Waals surface area contributed by atoms with Crippen molar-refractivity contribution in [3.05, 3.63) is 35.4 Å². The first-order valence-corrected chi connectivity index (χ1v) is 7.53. The van der Waals surface area contributed by atoms with Gasteiger partial charge in [-0.3, -0.25) is 9.59 Å². The average Bonchev–Trinajstić information content (AvgIpc) is 2.53. The summed E-state index contributed by atoms with van der Waals surface area (Å²) < 4.78 is 0. The molecule has 0 bridgehead atoms. The van der Waals surface area contributed by atoms with Gasteiger partial charge in [-0.15, -0.1) is 12.4 Å². The molecular weight excluding hydrogens is 302 g/mol. The molecule has 2 aliphatic heterocycles. The van der Waals surface area contributed by atoms with Crippen LogP contribution in [0.1, 0.15) is 24.0 Å². The topological polar surface area (TPSA) is 75.4 Å². The maximum absolute atomic E-state index is 12.6. The van der Waals surface area contributed by atoms with Gasteiger partial charge in [-0.1, -0.05) is 24.3 Å². The minimum Gasteiger partial charge on any atom is -0.369 e. The van der Waals surface area contributed by atoms with Crippen LogP contribution in [0.2, 0.25) is 0 Å². The van der Waals surface area contributed by atoms with Crippen LogP contribution in [0.5, 0.6) is 0 Å². The van der Waals surface area contributed by atoms with Crippen molar-refractivity contribution in [2.24, 2.45) is 11.7 Å². The molecule has 2 aliphatic rings. The predicted molar refractivity (Wildman–Crippen MR) is 86.5 cm³/mol. The Kier molecular flexibility index (Phi) is 5.42. The first kappa shape index (κ1) is 16.8. The minimum absolute atomic E-state index is 0. The summed E-state index contributed by atoms with van der Waals surface area (Å²) in [5.74, 6) is -0.400. The van der Waals surface area contributed by atoms with Crippen molar-refractivity contribution in [2.75, 3.05) is 13.1 Å². The van der Waals surface area contributed by atoms with Crippen LogP contribution >= 0.6 is 12.4 Å². The number of fused-ring (bicyclic) bond motifs is 1. The summed E-state index contributed by atoms with van der Waals surface area (Å²) in [6.07, 6.45) is 2.36. The molecular formula is C16H22ClN3O2. The largest absolute Gasteiger partial charge is 0.369 e. The van der Waals surface area contributed by atoms with Crippen LogP contribution in [-0.2, 0) is 22.6 Å². The standard InChI is InChI=1S/C16H21N3O2.ClH/c17-15(20)13-6-3-7-19(10-13)16(21)14-8-11-4-1-2-5-12(11)9-18-14;/h1-2,4-5,13-14,18H,3,6-10H2,(H2,17,20);1H. The van der Waals surface area contributed by atoms with Gasteiger partial charge in [-0.2, -0.15) is 0 Å². The number of nitrogens with zero attached hydrogens (tertiary/aromatic N) is 1. The highest BCUT2D eigenvalue weighted by molar-refractivity contribution is 5.85. The van der Waals surface area contributed by atoms with Gasteiger partial charge in [-0.05, 0) is 30.4 Å². The third-order valence-electron chi connectivity index (χ3n) is 4.51. The summed E-state index contributed by atoms with van der Waals surface area (Å²) in [6.45, 7) is 1.91. The molecule has 3 rings (SSSR count). The van der Waals surface area contributed by atoms with Crippen LogP contribution in [0, 0.1) is 5.92 Å². The molecule has 120 valence electrons. The Morgan fingerprint density at radius 1 is 1.23 bits per heavy atom. The molecule has 22 heavy (non-hydrogen) atoms. The van der Waals surface area contributed by atoms with Gasteiger partial charge in [-0.25, -0.2) is 0 Å². The van der Waals surface area contributed by atoms with Gasteiger partial charge in [0.15, 0.2) is 0 Å². The van der Waals surface area contributed by atoms with Gasteiger partial charge in [0.05, 0.1) is 12.0 Å². The summed E-state index contributed by atoms with van der Waals surface area (Å²) in [5.41, 5.74) is 7.87. The molecule has 3 N–H and O–H groups in total. The van der Waals surface area contributed by atoms with Crippen LogP contribution < -0.4 is 11.1 Å². The fraction of sp³-hybridized carbons (Fsp3) is 0.500. The molecule has 2 amide bonds. The van der Waals surface area contributed by atoms with Gasteiger partial charge in [0.25, 0.3) is 0 Å². The Labute approximate surface area is 136 Å². The number of likely N-dealkylation sites (tertiary alicyclic amines) is 1. The summed E-state index contributed by atoms with van der Waals surface area (Å²) in [6, 6.07) is 8.01. The van der Waals surface area contributed by atoms with Crippen molar-refractivity contribution in [1.82, 2.24) is 10.2 Å². The number of halogens is 1. The van der Waals surface area contributed by atoms with Crippen molar-refractivity contribution in [3.63, 3.8) is 0 Å². The van der Waals surface area contributed by atoms with Crippen LogP contribution in [-0.4, -0.2) is 35.8 Å². The monoisotopic (exact) mass is 323 g/mol. The fourth-order valence-electron chi connectivity index (χ4n) is 3.26. The number of benzene rings is 1. The average molecular weight is 324 g/mol. The smallest absolute Gasteiger partial charge is 0.240 e. The predicted octanol–water partition coefficient (Wildman–Crippen LogP) is 0.847. The first-order valence-electron chi connectivity index (χ1n) is 7.53. The van der Waals surface area contributed by atoms with E-state index in [9.17, 15) is 9.59 Å². The Morgan fingerprint density at radius 3 is 2.68 bits per heavy atom. The number of hydrogen-bond donors (Lipinski definition) is 2. The molecule has 0 aliphatic carbocycles. The van der Waals surface area contributed by atoms with E-state index in [1.807, 2.05) is 12.1 Å². The Balaban J connectivity index is 0.00000176. The van der Waals surface area contributed by atoms with Crippen molar-refractivity contribution in [2.45, 2.75) is 31.8 Å². The van der Waals surface area contributed by atoms with Crippen LogP contribution in [0.15, 0.2) is 24.3 Å². The number of piperidine rings is 1. The molecule has 5 nitrogen and oxygen atoms in total. The maximum Gasteiger partial charge on any atom is 0.240 e. The second kappa shape index (κ2) is 7.11. The van der Waals surface area contributed by atoms with Gasteiger partial charge in [0.2, 0.25) is 11.8 Å². The van der Waals surface area contributed by atoms with Gasteiger partial charge >= 0.3 is 0 Å². The van der Waals surface area contributed by atoms with Crippen LogP contribution in [0.3, 0.4) is 0 Å². The second-order valence-electron chi connectivity index (χ2n) is 5.93. The third-order valence-corrected chi connectivity index (χ3v) is 4.51. The Bertz CT molecular complexity index is 564. The SMILES string of the molecule is Cl.NC(=O)C1CCCN(C(=O)C2Cc3ccccc3CN2)C1. The van der Waals surface area contributed by atoms with E-state index >= 15 is 0 Å². The molecule has 0 radical (unpaired) electrons. The Morgan fingerprint density at radius 2 is 1.95 bits per heavy atom. The molecule has 0 aromatic heterocycles. The number of hydrogen-bond acceptors (Lipinski definition) is 3. The number of rotatable bonds is 2. The summed E-state index contributed by atoms with van der Waals surface area (Å²) in [5, 5.41) is 3.31. The lowest BCUT2D eigenvalue weighted by Gasteiger charge is -2.35. The lowest BCUT2D eigenvalue weighted by molar-refractivity contribution is -0.137. The number of carbonyl (C=O) groups excluding carboxylic acids is 2. The normalized spacial score (nSPS) is 24.1. The van der Waals surface area contributed by atoms with Gasteiger partial charge < -0.3 is 16.0 Å². The molecule has 2 unspecified atom stereocenters. The molecule has 0 saturated carbocycles. The molecule has 1 saturated heterocycles. The maximum atomic E-state index is 12.6. The van der Waals surface area contributed by atoms with E-state index in [-0.39, 0.29) is 36.2 Å². The van der Waals surface area contributed by atoms with Crippen molar-refractivity contribution in [3.8, 4) is 0 Å². The van der Waals surface area contributed by atoms with E-state index in [4.69, 9.17) is 5.73 Å². The molecule has 0 spiro atoms. The third kappa shape index (κ3) is 3.42. The van der Waals surface area contributed by atoms with E-state index < -0.39 is 0 Å². The van der Waals surface area contributed by atoms with Crippen molar-refractivity contribution in [1.29, 1.82) is 0 Å². The highest BCUT2D eigenvalue weighted by Crippen LogP contribution is 2.21. The van der Waals surface area contributed by atoms with E-state index in [0.29, 0.717) is 13.0 Å². The second-order valence-corrected chi connectivity index (χ2v) is 5.93. The number of nitrogens with two attached hydrogens (primary N) is 1. The highest BCUT2D eigenvalue weighted by atomic mass is 35.5. The molecule has 2 atom stereocenters. The van der Waals surface area contributed by atoms with Gasteiger partial charge in [0.1, 0.15) is 0 Å². The molecule has 6 heteroatoms. The lowest BCUT2D eigenvalue weighted by atomic mass is 9.93. The summed E-state index contributed by atoms with van der Waals surface area (Å²) in [7, 11) is 0. The zero-order chi connectivity index (χ0) is 14.8. The first-order chi connectivity index (χ1) is 10.1. The van der Waals surface area contributed by atoms with E-state index in [0.717, 1.165) is 25.9 Å². The number of nitrogens with one attached hydrogen (secondary N) is 1. The van der Waals surface area contributed by atoms with E-state index in [1.54, 1.807) is 4.90 Å². The molecule has 1 aromatic rings. The minimum atomic E-state index is -0.297. The zero-order valence-corrected chi connectivity index (χ0v) is 13.3.